The molecule has 0 aliphatic heterocycles. The summed E-state index contributed by atoms with van der Waals surface area (Å²) in [4.78, 5) is 0. The summed E-state index contributed by atoms with van der Waals surface area (Å²) in [6.45, 7) is 0.365. The van der Waals surface area contributed by atoms with Gasteiger partial charge in [-0.05, 0) is 12.1 Å². The number of benzene rings is 2. The van der Waals surface area contributed by atoms with Crippen LogP contribution in [0, 0.1) is 0 Å². The number of halogens is 1. The van der Waals surface area contributed by atoms with Crippen molar-refractivity contribution in [1.29, 1.82) is 0 Å². The van der Waals surface area contributed by atoms with E-state index in [-0.39, 0.29) is 0 Å². The van der Waals surface area contributed by atoms with Gasteiger partial charge in [-0.15, -0.1) is 0 Å². The maximum absolute atomic E-state index is 5.94. The molecule has 0 bridgehead atoms. The highest BCUT2D eigenvalue weighted by molar-refractivity contribution is 9.10. The lowest BCUT2D eigenvalue weighted by molar-refractivity contribution is 0.300. The second-order valence-corrected chi connectivity index (χ2v) is 5.00. The van der Waals surface area contributed by atoms with Gasteiger partial charge in [0.25, 0.3) is 0 Å². The summed E-state index contributed by atoms with van der Waals surface area (Å²) < 4.78 is 17.1. The van der Waals surface area contributed by atoms with Crippen molar-refractivity contribution in [3.8, 4) is 17.2 Å². The van der Waals surface area contributed by atoms with Crippen LogP contribution in [-0.4, -0.2) is 14.2 Å². The Hall–Kier alpha value is -1.88. The van der Waals surface area contributed by atoms with Gasteiger partial charge >= 0.3 is 0 Å². The van der Waals surface area contributed by atoms with Crippen molar-refractivity contribution in [1.82, 2.24) is 0 Å². The Bertz CT molecular complexity index is 559. The number of nitrogen functional groups attached to an aromatic ring is 1. The van der Waals surface area contributed by atoms with Gasteiger partial charge < -0.3 is 19.9 Å². The Kier molecular flexibility index (Phi) is 4.74. The maximum Gasteiger partial charge on any atom is 0.127 e. The van der Waals surface area contributed by atoms with Crippen molar-refractivity contribution in [2.75, 3.05) is 20.0 Å². The van der Waals surface area contributed by atoms with Crippen molar-refractivity contribution in [3.63, 3.8) is 0 Å². The van der Waals surface area contributed by atoms with Crippen LogP contribution < -0.4 is 19.9 Å². The van der Waals surface area contributed by atoms with Gasteiger partial charge in [0.2, 0.25) is 0 Å². The van der Waals surface area contributed by atoms with Gasteiger partial charge in [-0.1, -0.05) is 22.0 Å². The molecule has 0 aliphatic carbocycles. The highest BCUT2D eigenvalue weighted by Crippen LogP contribution is 2.29. The Morgan fingerprint density at radius 1 is 1.00 bits per heavy atom. The summed E-state index contributed by atoms with van der Waals surface area (Å²) in [5.74, 6) is 2.02. The number of rotatable bonds is 5. The van der Waals surface area contributed by atoms with Crippen molar-refractivity contribution in [2.45, 2.75) is 6.61 Å². The number of methoxy groups -OCH3 is 2. The minimum absolute atomic E-state index is 0.365. The Labute approximate surface area is 126 Å². The number of ether oxygens (including phenoxy) is 3. The number of hydrogen-bond donors (Lipinski definition) is 1. The number of anilines is 1. The van der Waals surface area contributed by atoms with Crippen LogP contribution in [0.5, 0.6) is 17.2 Å². The summed E-state index contributed by atoms with van der Waals surface area (Å²) in [7, 11) is 3.20. The van der Waals surface area contributed by atoms with Crippen LogP contribution in [0.25, 0.3) is 0 Å². The molecule has 2 aromatic carbocycles. The lowest BCUT2D eigenvalue weighted by atomic mass is 10.2. The molecular formula is C15H16BrNO3. The van der Waals surface area contributed by atoms with E-state index in [1.54, 1.807) is 32.4 Å². The molecule has 0 fully saturated rings. The van der Waals surface area contributed by atoms with E-state index in [9.17, 15) is 0 Å². The quantitative estimate of drug-likeness (QED) is 0.846. The van der Waals surface area contributed by atoms with Gasteiger partial charge in [0.05, 0.1) is 14.2 Å². The van der Waals surface area contributed by atoms with E-state index >= 15 is 0 Å². The lowest BCUT2D eigenvalue weighted by Gasteiger charge is -2.12. The van der Waals surface area contributed by atoms with E-state index in [2.05, 4.69) is 15.9 Å². The van der Waals surface area contributed by atoms with Crippen LogP contribution in [0.15, 0.2) is 40.9 Å². The summed E-state index contributed by atoms with van der Waals surface area (Å²) >= 11 is 3.47. The molecule has 0 unspecified atom stereocenters. The lowest BCUT2D eigenvalue weighted by Crippen LogP contribution is -2.01. The van der Waals surface area contributed by atoms with Gasteiger partial charge in [0.1, 0.15) is 23.9 Å². The fraction of sp³-hybridized carbons (Fsp3) is 0.200. The maximum atomic E-state index is 5.94. The highest BCUT2D eigenvalue weighted by atomic mass is 79.9. The van der Waals surface area contributed by atoms with Crippen LogP contribution in [0.2, 0.25) is 0 Å². The van der Waals surface area contributed by atoms with E-state index in [4.69, 9.17) is 19.9 Å². The smallest absolute Gasteiger partial charge is 0.127 e. The largest absolute Gasteiger partial charge is 0.496 e. The Balaban J connectivity index is 2.18. The zero-order valence-corrected chi connectivity index (χ0v) is 12.9. The molecule has 0 amide bonds. The highest BCUT2D eigenvalue weighted by Gasteiger charge is 2.07. The molecule has 0 aliphatic rings. The minimum Gasteiger partial charge on any atom is -0.496 e. The molecule has 106 valence electrons. The molecule has 0 saturated carbocycles. The van der Waals surface area contributed by atoms with E-state index in [0.29, 0.717) is 29.5 Å². The van der Waals surface area contributed by atoms with Gasteiger partial charge in [-0.2, -0.15) is 0 Å². The molecule has 0 atom stereocenters. The van der Waals surface area contributed by atoms with E-state index in [1.807, 2.05) is 18.2 Å². The first-order valence-electron chi connectivity index (χ1n) is 6.02. The first-order valence-corrected chi connectivity index (χ1v) is 6.82. The fourth-order valence-corrected chi connectivity index (χ4v) is 2.24. The molecular weight excluding hydrogens is 322 g/mol. The topological polar surface area (TPSA) is 53.7 Å². The van der Waals surface area contributed by atoms with Crippen molar-refractivity contribution >= 4 is 21.6 Å². The summed E-state index contributed by atoms with van der Waals surface area (Å²) in [6, 6.07) is 11.1. The van der Waals surface area contributed by atoms with E-state index < -0.39 is 0 Å². The molecule has 0 spiro atoms. The first-order chi connectivity index (χ1) is 9.63. The molecule has 0 saturated heterocycles. The van der Waals surface area contributed by atoms with E-state index in [1.165, 1.54) is 0 Å². The molecule has 0 radical (unpaired) electrons. The van der Waals surface area contributed by atoms with Gasteiger partial charge in [-0.25, -0.2) is 0 Å². The van der Waals surface area contributed by atoms with Crippen molar-refractivity contribution in [2.24, 2.45) is 0 Å². The molecule has 20 heavy (non-hydrogen) atoms. The monoisotopic (exact) mass is 337 g/mol. The predicted octanol–water partition coefficient (Wildman–Crippen LogP) is 3.63. The van der Waals surface area contributed by atoms with Gasteiger partial charge in [-0.3, -0.25) is 0 Å². The van der Waals surface area contributed by atoms with E-state index in [0.717, 1.165) is 10.0 Å². The molecule has 0 heterocycles. The molecule has 4 nitrogen and oxygen atoms in total. The summed E-state index contributed by atoms with van der Waals surface area (Å²) in [5.41, 5.74) is 7.54. The number of nitrogens with two attached hydrogens (primary N) is 1. The van der Waals surface area contributed by atoms with Crippen LogP contribution in [0.3, 0.4) is 0 Å². The molecule has 2 N–H and O–H groups in total. The minimum atomic E-state index is 0.365. The van der Waals surface area contributed by atoms with Crippen LogP contribution in [0.4, 0.5) is 5.69 Å². The third-order valence-corrected chi connectivity index (χ3v) is 3.61. The second kappa shape index (κ2) is 6.52. The third kappa shape index (κ3) is 3.36. The first kappa shape index (κ1) is 14.5. The Morgan fingerprint density at radius 2 is 1.60 bits per heavy atom. The molecule has 0 aromatic heterocycles. The SMILES string of the molecule is COc1cc(OC)cc(OCc2c(N)cccc2Br)c1. The summed E-state index contributed by atoms with van der Waals surface area (Å²) in [5, 5.41) is 0. The second-order valence-electron chi connectivity index (χ2n) is 4.14. The Morgan fingerprint density at radius 3 is 2.15 bits per heavy atom. The predicted molar refractivity (Wildman–Crippen MR) is 82.4 cm³/mol. The summed E-state index contributed by atoms with van der Waals surface area (Å²) in [6.07, 6.45) is 0. The van der Waals surface area contributed by atoms with Gasteiger partial charge in [0, 0.05) is 33.9 Å². The fourth-order valence-electron chi connectivity index (χ4n) is 1.75. The standard InChI is InChI=1S/C15H16BrNO3/c1-18-10-6-11(19-2)8-12(7-10)20-9-13-14(16)4-3-5-15(13)17/h3-8H,9,17H2,1-2H3. The van der Waals surface area contributed by atoms with Crippen molar-refractivity contribution < 1.29 is 14.2 Å². The molecule has 5 heteroatoms. The zero-order chi connectivity index (χ0) is 14.5. The van der Waals surface area contributed by atoms with Crippen LogP contribution in [-0.2, 0) is 6.61 Å². The average Bonchev–Trinajstić information content (AvgIpc) is 2.46. The molecule has 2 aromatic rings. The van der Waals surface area contributed by atoms with Crippen LogP contribution in [0.1, 0.15) is 5.56 Å². The van der Waals surface area contributed by atoms with Gasteiger partial charge in [0.15, 0.2) is 0 Å². The molecule has 2 rings (SSSR count). The number of hydrogen-bond acceptors (Lipinski definition) is 4. The van der Waals surface area contributed by atoms with Crippen molar-refractivity contribution in [3.05, 3.63) is 46.4 Å². The average molecular weight is 338 g/mol. The van der Waals surface area contributed by atoms with Crippen LogP contribution >= 0.6 is 15.9 Å². The normalized spacial score (nSPS) is 10.2. The zero-order valence-electron chi connectivity index (χ0n) is 11.4. The third-order valence-electron chi connectivity index (χ3n) is 2.86.